The molecule has 0 nitrogen and oxygen atoms in total. The molecule has 0 saturated carbocycles. The summed E-state index contributed by atoms with van der Waals surface area (Å²) in [5, 5.41) is 24.7. The highest BCUT2D eigenvalue weighted by molar-refractivity contribution is 7.23. The van der Waals surface area contributed by atoms with Gasteiger partial charge in [-0.2, -0.15) is 0 Å². The van der Waals surface area contributed by atoms with Gasteiger partial charge >= 0.3 is 0 Å². The molecule has 0 radical (unpaired) electrons. The van der Waals surface area contributed by atoms with Gasteiger partial charge in [-0.3, -0.25) is 0 Å². The highest BCUT2D eigenvalue weighted by Gasteiger charge is 2.25. The van der Waals surface area contributed by atoms with Crippen LogP contribution in [0.5, 0.6) is 0 Å². The van der Waals surface area contributed by atoms with Crippen LogP contribution in [-0.4, -0.2) is 0 Å². The summed E-state index contributed by atoms with van der Waals surface area (Å²) in [6.45, 7) is 0. The summed E-state index contributed by atoms with van der Waals surface area (Å²) in [4.78, 5) is 14.8. The van der Waals surface area contributed by atoms with Crippen LogP contribution in [0.4, 0.5) is 0 Å². The third-order valence-electron chi connectivity index (χ3n) is 9.48. The van der Waals surface area contributed by atoms with E-state index in [1.807, 2.05) is 125 Å². The van der Waals surface area contributed by atoms with Crippen molar-refractivity contribution in [3.05, 3.63) is 138 Å². The topological polar surface area (TPSA) is 0 Å². The fourth-order valence-corrected chi connectivity index (χ4v) is 17.7. The Kier molecular flexibility index (Phi) is 9.45. The van der Waals surface area contributed by atoms with Gasteiger partial charge in [0, 0.05) is 98.8 Å². The molecule has 0 N–H and O–H groups in total. The Balaban J connectivity index is 0.966. The lowest BCUT2D eigenvalue weighted by Crippen LogP contribution is -1.83. The van der Waals surface area contributed by atoms with Crippen LogP contribution >= 0.6 is 125 Å². The summed E-state index contributed by atoms with van der Waals surface area (Å²) < 4.78 is 0. The normalized spacial score (nSPS) is 11.6. The summed E-state index contributed by atoms with van der Waals surface area (Å²) in [6, 6.07) is 29.7. The lowest BCUT2D eigenvalue weighted by Gasteiger charge is -2.10. The minimum absolute atomic E-state index is 1.32. The lowest BCUT2D eigenvalue weighted by molar-refractivity contribution is 1.77. The van der Waals surface area contributed by atoms with Gasteiger partial charge in [0.05, 0.1) is 4.88 Å². The van der Waals surface area contributed by atoms with Crippen LogP contribution < -0.4 is 0 Å². The van der Waals surface area contributed by atoms with Gasteiger partial charge in [0.1, 0.15) is 0 Å². The van der Waals surface area contributed by atoms with E-state index in [0.717, 1.165) is 0 Å². The van der Waals surface area contributed by atoms with Crippen LogP contribution in [0.15, 0.2) is 138 Å². The highest BCUT2D eigenvalue weighted by Crippen LogP contribution is 2.55. The Morgan fingerprint density at radius 2 is 0.418 bits per heavy atom. The van der Waals surface area contributed by atoms with Gasteiger partial charge in [-0.1, -0.05) is 12.1 Å². The van der Waals surface area contributed by atoms with Gasteiger partial charge in [-0.15, -0.1) is 125 Å². The number of thiophene rings is 11. The molecule has 0 atom stereocenters. The van der Waals surface area contributed by atoms with Crippen LogP contribution in [-0.2, 0) is 0 Å². The van der Waals surface area contributed by atoms with Gasteiger partial charge in [0.25, 0.3) is 0 Å². The summed E-state index contributed by atoms with van der Waals surface area (Å²) >= 11 is 20.3. The third kappa shape index (κ3) is 6.07. The largest absolute Gasteiger partial charge is 0.144 e. The van der Waals surface area contributed by atoms with E-state index < -0.39 is 0 Å². The van der Waals surface area contributed by atoms with Crippen molar-refractivity contribution < 1.29 is 0 Å². The van der Waals surface area contributed by atoms with E-state index in [-0.39, 0.29) is 0 Å². The minimum Gasteiger partial charge on any atom is -0.144 e. The highest BCUT2D eigenvalue weighted by atomic mass is 32.1. The maximum Gasteiger partial charge on any atom is 0.0529 e. The summed E-state index contributed by atoms with van der Waals surface area (Å²) in [5.74, 6) is 0. The molecule has 11 heterocycles. The van der Waals surface area contributed by atoms with Crippen LogP contribution in [0, 0.1) is 0 Å². The molecule has 0 aromatic carbocycles. The second-order valence-corrected chi connectivity index (χ2v) is 22.6. The van der Waals surface area contributed by atoms with Gasteiger partial charge in [0.2, 0.25) is 0 Å². The van der Waals surface area contributed by atoms with E-state index in [0.29, 0.717) is 0 Å². The van der Waals surface area contributed by atoms with Gasteiger partial charge in [-0.25, -0.2) is 0 Å². The minimum atomic E-state index is 1.32. The van der Waals surface area contributed by atoms with Crippen LogP contribution in [0.1, 0.15) is 0 Å². The van der Waals surface area contributed by atoms with E-state index >= 15 is 0 Å². The number of hydrogen-bond donors (Lipinski definition) is 0. The molecule has 0 fully saturated rings. The van der Waals surface area contributed by atoms with Gasteiger partial charge in [-0.05, 0) is 126 Å². The Morgan fingerprint density at radius 3 is 0.709 bits per heavy atom. The second kappa shape index (κ2) is 14.9. The Bertz CT molecular complexity index is 2800. The molecule has 0 unspecified atom stereocenters. The van der Waals surface area contributed by atoms with Crippen molar-refractivity contribution in [1.29, 1.82) is 0 Å². The number of hydrogen-bond acceptors (Lipinski definition) is 11. The third-order valence-corrected chi connectivity index (χ3v) is 19.9. The first-order valence-electron chi connectivity index (χ1n) is 17.1. The van der Waals surface area contributed by atoms with E-state index in [9.17, 15) is 0 Å². The van der Waals surface area contributed by atoms with Crippen molar-refractivity contribution in [2.75, 3.05) is 0 Å². The second-order valence-electron chi connectivity index (χ2n) is 12.4. The first-order valence-corrected chi connectivity index (χ1v) is 26.8. The predicted molar refractivity (Wildman–Crippen MR) is 257 cm³/mol. The molecule has 11 aromatic heterocycles. The molecule has 11 rings (SSSR count). The summed E-state index contributed by atoms with van der Waals surface area (Å²) in [7, 11) is 0. The molecule has 0 amide bonds. The van der Waals surface area contributed by atoms with Crippen molar-refractivity contribution >= 4 is 125 Å². The Hall–Kier alpha value is -3.30. The Morgan fingerprint density at radius 1 is 0.182 bits per heavy atom. The molecule has 0 aliphatic rings. The van der Waals surface area contributed by atoms with Crippen LogP contribution in [0.2, 0.25) is 0 Å². The first-order chi connectivity index (χ1) is 27.3. The van der Waals surface area contributed by atoms with Crippen LogP contribution in [0.25, 0.3) is 104 Å². The fraction of sp³-hybridized carbons (Fsp3) is 0. The maximum absolute atomic E-state index is 2.34. The first kappa shape index (κ1) is 34.9. The van der Waals surface area contributed by atoms with Crippen molar-refractivity contribution in [2.24, 2.45) is 0 Å². The molecule has 11 aromatic rings. The average Bonchev–Trinajstić information content (AvgIpc) is 4.06. The molecule has 0 bridgehead atoms. The lowest BCUT2D eigenvalue weighted by atomic mass is 10.00. The SMILES string of the molecule is c1csc(-c2ccsc2-c2ccsc2-c2ccsc2-c2ccsc2-c2ccsc2-c2ccsc2-c2ccsc2-c2ccsc2-c2ccsc2-c2cccs2)c1. The van der Waals surface area contributed by atoms with Crippen molar-refractivity contribution in [3.8, 4) is 104 Å². The standard InChI is InChI=1S/C44H24S11/c1-3-34(45-14-1)25-5-16-47-36(25)26-6-17-48-37(26)27-7-18-49-38(27)28-8-19-50-39(28)29-9-20-51-40(29)30-10-21-52-41(30)31-11-22-53-42(31)32-12-23-54-43(32)33-13-24-55-44(33)35-4-2-15-46-35/h1-24H. The Labute approximate surface area is 362 Å². The maximum atomic E-state index is 2.34. The van der Waals surface area contributed by atoms with E-state index in [2.05, 4.69) is 138 Å². The molecule has 0 aliphatic carbocycles. The summed E-state index contributed by atoms with van der Waals surface area (Å²) in [5.41, 5.74) is 12.0. The average molecular weight is 905 g/mol. The van der Waals surface area contributed by atoms with Crippen LogP contribution in [0.3, 0.4) is 0 Å². The molecule has 55 heavy (non-hydrogen) atoms. The molecule has 266 valence electrons. The molecule has 0 saturated heterocycles. The van der Waals surface area contributed by atoms with Gasteiger partial charge < -0.3 is 0 Å². The monoisotopic (exact) mass is 904 g/mol. The van der Waals surface area contributed by atoms with Crippen molar-refractivity contribution in [1.82, 2.24) is 0 Å². The zero-order valence-electron chi connectivity index (χ0n) is 28.3. The molecule has 0 aliphatic heterocycles. The van der Waals surface area contributed by atoms with E-state index in [4.69, 9.17) is 0 Å². The molecular formula is C44H24S11. The van der Waals surface area contributed by atoms with Gasteiger partial charge in [0.15, 0.2) is 0 Å². The quantitative estimate of drug-likeness (QED) is 0.128. The summed E-state index contributed by atoms with van der Waals surface area (Å²) in [6.07, 6.45) is 0. The number of rotatable bonds is 10. The molecule has 11 heteroatoms. The molecule has 0 spiro atoms. The predicted octanol–water partition coefficient (Wildman–Crippen LogP) is 19.0. The van der Waals surface area contributed by atoms with Crippen molar-refractivity contribution in [2.45, 2.75) is 0 Å². The van der Waals surface area contributed by atoms with Crippen molar-refractivity contribution in [3.63, 3.8) is 0 Å². The van der Waals surface area contributed by atoms with E-state index in [1.165, 1.54) is 104 Å². The van der Waals surface area contributed by atoms with E-state index in [1.54, 1.807) is 0 Å². The zero-order valence-corrected chi connectivity index (χ0v) is 37.3. The smallest absolute Gasteiger partial charge is 0.0529 e. The zero-order chi connectivity index (χ0) is 36.3. The molecular weight excluding hydrogens is 881 g/mol. The fourth-order valence-electron chi connectivity index (χ4n) is 7.11.